The van der Waals surface area contributed by atoms with Crippen LogP contribution >= 0.6 is 0 Å². The molecule has 0 aromatic heterocycles. The summed E-state index contributed by atoms with van der Waals surface area (Å²) in [6, 6.07) is -1.30. The average Bonchev–Trinajstić information content (AvgIpc) is 2.25. The number of carboxylic acids is 1. The van der Waals surface area contributed by atoms with Gasteiger partial charge < -0.3 is 20.5 Å². The molecular formula is C12H22N2O4. The van der Waals surface area contributed by atoms with Gasteiger partial charge in [0.05, 0.1) is 0 Å². The van der Waals surface area contributed by atoms with Gasteiger partial charge in [0.15, 0.2) is 0 Å². The SMILES string of the molecule is CC(C)[C@H](NC(=O)NC1(C)CCOCC1)C(=O)O. The molecule has 104 valence electrons. The summed E-state index contributed by atoms with van der Waals surface area (Å²) in [5.74, 6) is -1.17. The zero-order chi connectivity index (χ0) is 13.8. The van der Waals surface area contributed by atoms with Gasteiger partial charge in [-0.25, -0.2) is 9.59 Å². The maximum absolute atomic E-state index is 11.8. The first-order valence-corrected chi connectivity index (χ1v) is 6.23. The van der Waals surface area contributed by atoms with E-state index in [0.717, 1.165) is 12.8 Å². The van der Waals surface area contributed by atoms with Crippen molar-refractivity contribution in [3.8, 4) is 0 Å². The topological polar surface area (TPSA) is 87.7 Å². The van der Waals surface area contributed by atoms with Crippen molar-refractivity contribution in [2.24, 2.45) is 5.92 Å². The van der Waals surface area contributed by atoms with Crippen LogP contribution in [0.15, 0.2) is 0 Å². The number of hydrogen-bond acceptors (Lipinski definition) is 3. The molecule has 3 N–H and O–H groups in total. The van der Waals surface area contributed by atoms with E-state index in [-0.39, 0.29) is 11.5 Å². The van der Waals surface area contributed by atoms with Gasteiger partial charge in [-0.2, -0.15) is 0 Å². The van der Waals surface area contributed by atoms with Gasteiger partial charge in [0.2, 0.25) is 0 Å². The molecule has 1 saturated heterocycles. The van der Waals surface area contributed by atoms with Gasteiger partial charge in [0, 0.05) is 18.8 Å². The Morgan fingerprint density at radius 2 is 1.83 bits per heavy atom. The second kappa shape index (κ2) is 6.04. The fourth-order valence-corrected chi connectivity index (χ4v) is 1.91. The van der Waals surface area contributed by atoms with Gasteiger partial charge >= 0.3 is 12.0 Å². The number of ether oxygens (including phenoxy) is 1. The van der Waals surface area contributed by atoms with Crippen molar-refractivity contribution in [3.05, 3.63) is 0 Å². The molecule has 0 radical (unpaired) electrons. The summed E-state index contributed by atoms with van der Waals surface area (Å²) in [6.07, 6.45) is 1.47. The van der Waals surface area contributed by atoms with E-state index in [9.17, 15) is 9.59 Å². The van der Waals surface area contributed by atoms with Crippen molar-refractivity contribution in [1.82, 2.24) is 10.6 Å². The summed E-state index contributed by atoms with van der Waals surface area (Å²) in [5, 5.41) is 14.3. The van der Waals surface area contributed by atoms with Crippen LogP contribution in [0.1, 0.15) is 33.6 Å². The van der Waals surface area contributed by atoms with E-state index in [0.29, 0.717) is 13.2 Å². The highest BCUT2D eigenvalue weighted by atomic mass is 16.5. The number of nitrogens with one attached hydrogen (secondary N) is 2. The number of rotatable bonds is 4. The van der Waals surface area contributed by atoms with Crippen LogP contribution in [0.5, 0.6) is 0 Å². The molecule has 0 aliphatic carbocycles. The smallest absolute Gasteiger partial charge is 0.326 e. The molecule has 0 saturated carbocycles. The fourth-order valence-electron chi connectivity index (χ4n) is 1.91. The van der Waals surface area contributed by atoms with Gasteiger partial charge in [0.1, 0.15) is 6.04 Å². The molecule has 0 bridgehead atoms. The summed E-state index contributed by atoms with van der Waals surface area (Å²) in [4.78, 5) is 22.8. The van der Waals surface area contributed by atoms with Crippen LogP contribution in [0.2, 0.25) is 0 Å². The lowest BCUT2D eigenvalue weighted by atomic mass is 9.93. The minimum atomic E-state index is -1.02. The predicted molar refractivity (Wildman–Crippen MR) is 66.4 cm³/mol. The van der Waals surface area contributed by atoms with Crippen molar-refractivity contribution in [3.63, 3.8) is 0 Å². The average molecular weight is 258 g/mol. The molecule has 1 rings (SSSR count). The Morgan fingerprint density at radius 1 is 1.28 bits per heavy atom. The van der Waals surface area contributed by atoms with Crippen molar-refractivity contribution in [2.45, 2.75) is 45.2 Å². The summed E-state index contributed by atoms with van der Waals surface area (Å²) in [7, 11) is 0. The Labute approximate surface area is 107 Å². The maximum atomic E-state index is 11.8. The number of urea groups is 1. The Morgan fingerprint density at radius 3 is 2.28 bits per heavy atom. The van der Waals surface area contributed by atoms with E-state index in [1.165, 1.54) is 0 Å². The lowest BCUT2D eigenvalue weighted by Crippen LogP contribution is -2.56. The minimum absolute atomic E-state index is 0.157. The lowest BCUT2D eigenvalue weighted by molar-refractivity contribution is -0.140. The molecule has 1 atom stereocenters. The monoisotopic (exact) mass is 258 g/mol. The molecule has 2 amide bonds. The van der Waals surface area contributed by atoms with Gasteiger partial charge in [-0.05, 0) is 25.7 Å². The van der Waals surface area contributed by atoms with Crippen molar-refractivity contribution < 1.29 is 19.4 Å². The van der Waals surface area contributed by atoms with Crippen LogP contribution in [-0.2, 0) is 9.53 Å². The third-order valence-electron chi connectivity index (χ3n) is 3.23. The normalized spacial score (nSPS) is 20.2. The molecule has 1 aliphatic rings. The molecule has 0 spiro atoms. The van der Waals surface area contributed by atoms with Crippen LogP contribution < -0.4 is 10.6 Å². The van der Waals surface area contributed by atoms with E-state index in [1.54, 1.807) is 13.8 Å². The third-order valence-corrected chi connectivity index (χ3v) is 3.23. The van der Waals surface area contributed by atoms with Crippen LogP contribution in [0, 0.1) is 5.92 Å². The Kier molecular flexibility index (Phi) is 4.95. The molecular weight excluding hydrogens is 236 g/mol. The zero-order valence-corrected chi connectivity index (χ0v) is 11.2. The van der Waals surface area contributed by atoms with E-state index in [1.807, 2.05) is 6.92 Å². The molecule has 0 aromatic carbocycles. The highest BCUT2D eigenvalue weighted by molar-refractivity contribution is 5.83. The standard InChI is InChI=1S/C12H22N2O4/c1-8(2)9(10(15)16)13-11(17)14-12(3)4-6-18-7-5-12/h8-9H,4-7H2,1-3H3,(H,15,16)(H2,13,14,17)/t9-/m0/s1. The molecule has 6 heteroatoms. The number of carbonyl (C=O) groups is 2. The first-order chi connectivity index (χ1) is 8.34. The van der Waals surface area contributed by atoms with Crippen molar-refractivity contribution in [1.29, 1.82) is 0 Å². The van der Waals surface area contributed by atoms with Crippen LogP contribution in [0.3, 0.4) is 0 Å². The first-order valence-electron chi connectivity index (χ1n) is 6.23. The molecule has 1 aliphatic heterocycles. The number of hydrogen-bond donors (Lipinski definition) is 3. The highest BCUT2D eigenvalue weighted by Crippen LogP contribution is 2.19. The van der Waals surface area contributed by atoms with Crippen molar-refractivity contribution >= 4 is 12.0 Å². The van der Waals surface area contributed by atoms with Crippen LogP contribution in [0.4, 0.5) is 4.79 Å². The fraction of sp³-hybridized carbons (Fsp3) is 0.833. The van der Waals surface area contributed by atoms with E-state index >= 15 is 0 Å². The summed E-state index contributed by atoms with van der Waals surface area (Å²) in [5.41, 5.74) is -0.317. The molecule has 1 fully saturated rings. The van der Waals surface area contributed by atoms with Gasteiger partial charge in [0.25, 0.3) is 0 Å². The second-order valence-corrected chi connectivity index (χ2v) is 5.33. The summed E-state index contributed by atoms with van der Waals surface area (Å²) < 4.78 is 5.24. The number of amides is 2. The minimum Gasteiger partial charge on any atom is -0.480 e. The quantitative estimate of drug-likeness (QED) is 0.701. The maximum Gasteiger partial charge on any atom is 0.326 e. The van der Waals surface area contributed by atoms with Gasteiger partial charge in [-0.1, -0.05) is 13.8 Å². The summed E-state index contributed by atoms with van der Waals surface area (Å²) in [6.45, 7) is 6.69. The number of carboxylic acid groups (broad SMARTS) is 1. The number of carbonyl (C=O) groups excluding carboxylic acids is 1. The largest absolute Gasteiger partial charge is 0.480 e. The molecule has 18 heavy (non-hydrogen) atoms. The van der Waals surface area contributed by atoms with E-state index in [4.69, 9.17) is 9.84 Å². The second-order valence-electron chi connectivity index (χ2n) is 5.33. The number of aliphatic carboxylic acids is 1. The molecule has 1 heterocycles. The zero-order valence-electron chi connectivity index (χ0n) is 11.2. The Bertz CT molecular complexity index is 311. The lowest BCUT2D eigenvalue weighted by Gasteiger charge is -2.35. The first kappa shape index (κ1) is 14.8. The third kappa shape index (κ3) is 4.18. The van der Waals surface area contributed by atoms with Crippen LogP contribution in [-0.4, -0.2) is 41.9 Å². The van der Waals surface area contributed by atoms with E-state index in [2.05, 4.69) is 10.6 Å². The van der Waals surface area contributed by atoms with Gasteiger partial charge in [-0.15, -0.1) is 0 Å². The molecule has 0 aromatic rings. The molecule has 0 unspecified atom stereocenters. The predicted octanol–water partition coefficient (Wildman–Crippen LogP) is 0.964. The van der Waals surface area contributed by atoms with Crippen LogP contribution in [0.25, 0.3) is 0 Å². The Hall–Kier alpha value is -1.30. The van der Waals surface area contributed by atoms with E-state index < -0.39 is 18.0 Å². The molecule has 6 nitrogen and oxygen atoms in total. The van der Waals surface area contributed by atoms with Gasteiger partial charge in [-0.3, -0.25) is 0 Å². The Balaban J connectivity index is 2.52. The highest BCUT2D eigenvalue weighted by Gasteiger charge is 2.31. The van der Waals surface area contributed by atoms with Crippen molar-refractivity contribution in [2.75, 3.05) is 13.2 Å². The summed E-state index contributed by atoms with van der Waals surface area (Å²) >= 11 is 0.